The highest BCUT2D eigenvalue weighted by Gasteiger charge is 2.22. The summed E-state index contributed by atoms with van der Waals surface area (Å²) in [7, 11) is 0. The van der Waals surface area contributed by atoms with Crippen LogP contribution < -0.4 is 5.32 Å². The zero-order chi connectivity index (χ0) is 24.1. The van der Waals surface area contributed by atoms with Crippen LogP contribution in [0.2, 0.25) is 10.0 Å². The molecule has 0 unspecified atom stereocenters. The second-order valence-electron chi connectivity index (χ2n) is 7.54. The Kier molecular flexibility index (Phi) is 7.53. The molecule has 0 spiro atoms. The number of benzene rings is 3. The molecular weight excluding hydrogens is 491 g/mol. The minimum Gasteiger partial charge on any atom is -0.478 e. The van der Waals surface area contributed by atoms with Gasteiger partial charge in [-0.25, -0.2) is 9.59 Å². The Hall–Kier alpha value is -3.32. The van der Waals surface area contributed by atoms with Crippen molar-refractivity contribution in [3.63, 3.8) is 0 Å². The molecule has 4 aromatic rings. The van der Waals surface area contributed by atoms with E-state index < -0.39 is 12.0 Å². The second kappa shape index (κ2) is 10.7. The fourth-order valence-corrected chi connectivity index (χ4v) is 4.75. The number of carboxylic acid groups (broad SMARTS) is 1. The van der Waals surface area contributed by atoms with Crippen molar-refractivity contribution in [1.82, 2.24) is 4.90 Å². The molecule has 0 bridgehead atoms. The average Bonchev–Trinajstić information content (AvgIpc) is 3.26. The van der Waals surface area contributed by atoms with Gasteiger partial charge in [0.25, 0.3) is 0 Å². The van der Waals surface area contributed by atoms with E-state index in [4.69, 9.17) is 23.2 Å². The largest absolute Gasteiger partial charge is 0.478 e. The van der Waals surface area contributed by atoms with Crippen LogP contribution in [-0.4, -0.2) is 22.0 Å². The molecule has 2 amide bonds. The summed E-state index contributed by atoms with van der Waals surface area (Å²) in [5.41, 5.74) is 2.66. The summed E-state index contributed by atoms with van der Waals surface area (Å²) in [4.78, 5) is 27.6. The summed E-state index contributed by atoms with van der Waals surface area (Å²) in [5.74, 6) is -1.13. The predicted octanol–water partition coefficient (Wildman–Crippen LogP) is 7.65. The molecule has 0 atom stereocenters. The standard InChI is InChI=1S/C26H20Cl2N2O3S/c27-21-12-11-19(13-22(21)28)23-14-20(25(31)32)24(34-23)29-26(33)30(15-17-7-3-1-4-8-17)16-18-9-5-2-6-10-18/h1-14H,15-16H2,(H,29,33)(H,31,32). The van der Waals surface area contributed by atoms with Gasteiger partial charge in [-0.2, -0.15) is 0 Å². The van der Waals surface area contributed by atoms with E-state index in [1.807, 2.05) is 60.7 Å². The molecule has 0 saturated heterocycles. The van der Waals surface area contributed by atoms with E-state index >= 15 is 0 Å². The Labute approximate surface area is 211 Å². The molecule has 3 aromatic carbocycles. The van der Waals surface area contributed by atoms with Gasteiger partial charge in [0, 0.05) is 18.0 Å². The molecule has 34 heavy (non-hydrogen) atoms. The molecule has 1 heterocycles. The van der Waals surface area contributed by atoms with Gasteiger partial charge in [-0.3, -0.25) is 5.32 Å². The predicted molar refractivity (Wildman–Crippen MR) is 138 cm³/mol. The number of nitrogens with zero attached hydrogens (tertiary/aromatic N) is 1. The molecule has 0 radical (unpaired) electrons. The molecule has 0 fully saturated rings. The summed E-state index contributed by atoms with van der Waals surface area (Å²) in [6, 6.07) is 25.5. The Morgan fingerprint density at radius 3 is 1.94 bits per heavy atom. The fourth-order valence-electron chi connectivity index (χ4n) is 3.42. The number of anilines is 1. The van der Waals surface area contributed by atoms with Crippen LogP contribution in [0, 0.1) is 0 Å². The number of halogens is 2. The number of rotatable bonds is 7. The third-order valence-corrected chi connectivity index (χ3v) is 6.95. The lowest BCUT2D eigenvalue weighted by molar-refractivity contribution is 0.0698. The van der Waals surface area contributed by atoms with E-state index in [0.29, 0.717) is 33.6 Å². The van der Waals surface area contributed by atoms with Gasteiger partial charge in [0.05, 0.1) is 15.6 Å². The Morgan fingerprint density at radius 2 is 1.41 bits per heavy atom. The van der Waals surface area contributed by atoms with Crippen molar-refractivity contribution < 1.29 is 14.7 Å². The van der Waals surface area contributed by atoms with Gasteiger partial charge in [-0.1, -0.05) is 89.9 Å². The van der Waals surface area contributed by atoms with Crippen molar-refractivity contribution in [2.45, 2.75) is 13.1 Å². The number of aromatic carboxylic acids is 1. The van der Waals surface area contributed by atoms with Crippen LogP contribution in [0.15, 0.2) is 84.9 Å². The summed E-state index contributed by atoms with van der Waals surface area (Å²) in [5, 5.41) is 13.6. The van der Waals surface area contributed by atoms with Crippen LogP contribution in [0.1, 0.15) is 21.5 Å². The van der Waals surface area contributed by atoms with E-state index in [2.05, 4.69) is 5.32 Å². The van der Waals surface area contributed by atoms with Crippen LogP contribution in [0.3, 0.4) is 0 Å². The number of urea groups is 1. The molecule has 0 aliphatic rings. The molecule has 2 N–H and O–H groups in total. The monoisotopic (exact) mass is 510 g/mol. The summed E-state index contributed by atoms with van der Waals surface area (Å²) in [6.45, 7) is 0.740. The molecule has 0 saturated carbocycles. The van der Waals surface area contributed by atoms with Crippen molar-refractivity contribution in [3.05, 3.63) is 112 Å². The highest BCUT2D eigenvalue weighted by atomic mass is 35.5. The average molecular weight is 511 g/mol. The van der Waals surface area contributed by atoms with Gasteiger partial charge in [-0.15, -0.1) is 11.3 Å². The molecule has 0 aliphatic heterocycles. The van der Waals surface area contributed by atoms with Crippen LogP contribution in [-0.2, 0) is 13.1 Å². The van der Waals surface area contributed by atoms with Crippen LogP contribution in [0.4, 0.5) is 9.80 Å². The molecule has 5 nitrogen and oxygen atoms in total. The summed E-state index contributed by atoms with van der Waals surface area (Å²) in [6.07, 6.45) is 0. The number of carbonyl (C=O) groups excluding carboxylic acids is 1. The van der Waals surface area contributed by atoms with E-state index in [1.54, 1.807) is 23.1 Å². The van der Waals surface area contributed by atoms with E-state index in [9.17, 15) is 14.7 Å². The van der Waals surface area contributed by atoms with Gasteiger partial charge in [0.2, 0.25) is 0 Å². The van der Waals surface area contributed by atoms with Crippen molar-refractivity contribution >= 4 is 51.5 Å². The number of carbonyl (C=O) groups is 2. The van der Waals surface area contributed by atoms with Gasteiger partial charge >= 0.3 is 12.0 Å². The minimum atomic E-state index is -1.13. The van der Waals surface area contributed by atoms with Crippen molar-refractivity contribution in [2.75, 3.05) is 5.32 Å². The van der Waals surface area contributed by atoms with Crippen molar-refractivity contribution in [3.8, 4) is 10.4 Å². The maximum absolute atomic E-state index is 13.3. The van der Waals surface area contributed by atoms with E-state index in [-0.39, 0.29) is 10.6 Å². The Bertz CT molecular complexity index is 1270. The first-order valence-corrected chi connectivity index (χ1v) is 11.9. The first-order chi connectivity index (χ1) is 16.4. The summed E-state index contributed by atoms with van der Waals surface area (Å²) < 4.78 is 0. The fraction of sp³-hybridized carbons (Fsp3) is 0.0769. The highest BCUT2D eigenvalue weighted by molar-refractivity contribution is 7.20. The normalized spacial score (nSPS) is 10.6. The minimum absolute atomic E-state index is 0.0128. The lowest BCUT2D eigenvalue weighted by Gasteiger charge is -2.23. The maximum Gasteiger partial charge on any atom is 0.338 e. The Balaban J connectivity index is 1.62. The smallest absolute Gasteiger partial charge is 0.338 e. The number of carboxylic acids is 1. The zero-order valence-electron chi connectivity index (χ0n) is 17.9. The highest BCUT2D eigenvalue weighted by Crippen LogP contribution is 2.38. The number of nitrogens with one attached hydrogen (secondary N) is 1. The second-order valence-corrected chi connectivity index (χ2v) is 9.41. The van der Waals surface area contributed by atoms with Crippen molar-refractivity contribution in [1.29, 1.82) is 0 Å². The molecule has 4 rings (SSSR count). The van der Waals surface area contributed by atoms with Gasteiger partial charge in [0.15, 0.2) is 0 Å². The van der Waals surface area contributed by atoms with E-state index in [1.165, 1.54) is 17.4 Å². The zero-order valence-corrected chi connectivity index (χ0v) is 20.2. The molecule has 1 aromatic heterocycles. The molecule has 8 heteroatoms. The van der Waals surface area contributed by atoms with Crippen LogP contribution >= 0.6 is 34.5 Å². The van der Waals surface area contributed by atoms with Gasteiger partial charge < -0.3 is 10.0 Å². The molecular formula is C26H20Cl2N2O3S. The number of hydrogen-bond donors (Lipinski definition) is 2. The van der Waals surface area contributed by atoms with Gasteiger partial charge in [0.1, 0.15) is 5.00 Å². The van der Waals surface area contributed by atoms with Gasteiger partial charge in [-0.05, 0) is 34.9 Å². The first-order valence-electron chi connectivity index (χ1n) is 10.4. The number of amides is 2. The lowest BCUT2D eigenvalue weighted by atomic mass is 10.1. The Morgan fingerprint density at radius 1 is 0.824 bits per heavy atom. The maximum atomic E-state index is 13.3. The third-order valence-electron chi connectivity index (χ3n) is 5.11. The lowest BCUT2D eigenvalue weighted by Crippen LogP contribution is -2.34. The SMILES string of the molecule is O=C(O)c1cc(-c2ccc(Cl)c(Cl)c2)sc1NC(=O)N(Cc1ccccc1)Cc1ccccc1. The number of thiophene rings is 1. The van der Waals surface area contributed by atoms with Crippen LogP contribution in [0.25, 0.3) is 10.4 Å². The third kappa shape index (κ3) is 5.78. The van der Waals surface area contributed by atoms with Crippen molar-refractivity contribution in [2.24, 2.45) is 0 Å². The molecule has 172 valence electrons. The first kappa shape index (κ1) is 23.8. The van der Waals surface area contributed by atoms with E-state index in [0.717, 1.165) is 11.1 Å². The topological polar surface area (TPSA) is 69.6 Å². The molecule has 0 aliphatic carbocycles. The quantitative estimate of drug-likeness (QED) is 0.268. The summed E-state index contributed by atoms with van der Waals surface area (Å²) >= 11 is 13.3. The number of hydrogen-bond acceptors (Lipinski definition) is 3. The van der Waals surface area contributed by atoms with Crippen LogP contribution in [0.5, 0.6) is 0 Å².